The van der Waals surface area contributed by atoms with Crippen LogP contribution in [0.25, 0.3) is 0 Å². The van der Waals surface area contributed by atoms with Crippen LogP contribution in [0.3, 0.4) is 0 Å². The predicted molar refractivity (Wildman–Crippen MR) is 72.2 cm³/mol. The monoisotopic (exact) mass is 267 g/mol. The molecule has 2 unspecified atom stereocenters. The van der Waals surface area contributed by atoms with Crippen molar-refractivity contribution in [2.24, 2.45) is 0 Å². The van der Waals surface area contributed by atoms with Crippen LogP contribution >= 0.6 is 11.8 Å². The lowest BCUT2D eigenvalue weighted by Gasteiger charge is -2.34. The van der Waals surface area contributed by atoms with E-state index >= 15 is 0 Å². The van der Waals surface area contributed by atoms with Crippen molar-refractivity contribution in [1.29, 1.82) is 0 Å². The summed E-state index contributed by atoms with van der Waals surface area (Å²) in [5.41, 5.74) is 0.414. The van der Waals surface area contributed by atoms with Gasteiger partial charge < -0.3 is 15.1 Å². The molecule has 0 radical (unpaired) electrons. The van der Waals surface area contributed by atoms with Crippen LogP contribution in [-0.4, -0.2) is 44.6 Å². The van der Waals surface area contributed by atoms with Crippen molar-refractivity contribution < 1.29 is 15.0 Å². The molecule has 1 aromatic rings. The topological polar surface area (TPSA) is 60.8 Å². The van der Waals surface area contributed by atoms with Gasteiger partial charge in [-0.25, -0.2) is 0 Å². The van der Waals surface area contributed by atoms with Crippen molar-refractivity contribution in [2.45, 2.75) is 24.3 Å². The molecule has 5 heteroatoms. The van der Waals surface area contributed by atoms with Gasteiger partial charge in [-0.15, -0.1) is 0 Å². The second-order valence-corrected chi connectivity index (χ2v) is 6.55. The Hall–Kier alpha value is -1.36. The van der Waals surface area contributed by atoms with Crippen molar-refractivity contribution in [2.75, 3.05) is 13.1 Å². The lowest BCUT2D eigenvalue weighted by atomic mass is 10.1. The first kappa shape index (κ1) is 13.1. The molecule has 0 bridgehead atoms. The third-order valence-electron chi connectivity index (χ3n) is 2.93. The molecule has 2 N–H and O–H groups in total. The summed E-state index contributed by atoms with van der Waals surface area (Å²) in [6.45, 7) is 5.65. The maximum Gasteiger partial charge on any atom is 0.254 e. The van der Waals surface area contributed by atoms with E-state index in [4.69, 9.17) is 0 Å². The Morgan fingerprint density at radius 1 is 1.22 bits per heavy atom. The van der Waals surface area contributed by atoms with Crippen molar-refractivity contribution in [1.82, 2.24) is 4.90 Å². The maximum atomic E-state index is 12.3. The van der Waals surface area contributed by atoms with Gasteiger partial charge in [-0.05, 0) is 18.2 Å². The summed E-state index contributed by atoms with van der Waals surface area (Å²) in [6.07, 6.45) is 0. The molecule has 18 heavy (non-hydrogen) atoms. The van der Waals surface area contributed by atoms with Gasteiger partial charge in [-0.2, -0.15) is 11.8 Å². The highest BCUT2D eigenvalue weighted by Crippen LogP contribution is 2.28. The number of phenolic OH excluding ortho intramolecular Hbond substituents is 2. The van der Waals surface area contributed by atoms with Gasteiger partial charge in [0.15, 0.2) is 11.5 Å². The molecular weight excluding hydrogens is 250 g/mol. The first-order valence-corrected chi connectivity index (χ1v) is 6.88. The van der Waals surface area contributed by atoms with Crippen molar-refractivity contribution in [3.63, 3.8) is 0 Å². The van der Waals surface area contributed by atoms with E-state index in [9.17, 15) is 15.0 Å². The van der Waals surface area contributed by atoms with Gasteiger partial charge in [0.2, 0.25) is 0 Å². The molecule has 1 amide bonds. The number of nitrogens with zero attached hydrogens (tertiary/aromatic N) is 1. The second kappa shape index (κ2) is 5.10. The van der Waals surface area contributed by atoms with E-state index in [1.807, 2.05) is 11.8 Å². The fourth-order valence-corrected chi connectivity index (χ4v) is 3.51. The number of carbonyl (C=O) groups is 1. The molecule has 0 saturated carbocycles. The third-order valence-corrected chi connectivity index (χ3v) is 4.16. The SMILES string of the molecule is CC1CN(C(=O)c2ccc(O)c(O)c2)CC(C)S1. The summed E-state index contributed by atoms with van der Waals surface area (Å²) in [4.78, 5) is 14.1. The fraction of sp³-hybridized carbons (Fsp3) is 0.462. The van der Waals surface area contributed by atoms with Crippen LogP contribution in [0.2, 0.25) is 0 Å². The molecule has 4 nitrogen and oxygen atoms in total. The molecular formula is C13H17NO3S. The van der Waals surface area contributed by atoms with E-state index in [1.165, 1.54) is 18.2 Å². The van der Waals surface area contributed by atoms with Crippen LogP contribution in [0.1, 0.15) is 24.2 Å². The molecule has 0 aromatic heterocycles. The van der Waals surface area contributed by atoms with E-state index in [-0.39, 0.29) is 17.4 Å². The fourth-order valence-electron chi connectivity index (χ4n) is 2.18. The van der Waals surface area contributed by atoms with Crippen LogP contribution in [0.5, 0.6) is 11.5 Å². The first-order chi connectivity index (χ1) is 8.47. The van der Waals surface area contributed by atoms with Gasteiger partial charge in [0.05, 0.1) is 0 Å². The number of benzene rings is 1. The summed E-state index contributed by atoms with van der Waals surface area (Å²) in [6, 6.07) is 4.19. The number of aromatic hydroxyl groups is 2. The van der Waals surface area contributed by atoms with E-state index in [1.54, 1.807) is 4.90 Å². The Labute approximate surface area is 111 Å². The zero-order chi connectivity index (χ0) is 13.3. The Morgan fingerprint density at radius 2 is 1.83 bits per heavy atom. The van der Waals surface area contributed by atoms with E-state index < -0.39 is 0 Å². The largest absolute Gasteiger partial charge is 0.504 e. The summed E-state index contributed by atoms with van der Waals surface area (Å²) in [5, 5.41) is 19.5. The quantitative estimate of drug-likeness (QED) is 0.765. The summed E-state index contributed by atoms with van der Waals surface area (Å²) in [5.74, 6) is -0.555. The lowest BCUT2D eigenvalue weighted by molar-refractivity contribution is 0.0753. The van der Waals surface area contributed by atoms with E-state index in [0.29, 0.717) is 16.1 Å². The zero-order valence-electron chi connectivity index (χ0n) is 10.5. The number of thioether (sulfide) groups is 1. The average Bonchev–Trinajstić information content (AvgIpc) is 2.30. The Kier molecular flexibility index (Phi) is 3.71. The van der Waals surface area contributed by atoms with Gasteiger partial charge in [-0.3, -0.25) is 4.79 Å². The lowest BCUT2D eigenvalue weighted by Crippen LogP contribution is -2.44. The van der Waals surface area contributed by atoms with Crippen LogP contribution in [0.15, 0.2) is 18.2 Å². The zero-order valence-corrected chi connectivity index (χ0v) is 11.3. The molecule has 1 fully saturated rings. The number of phenols is 2. The maximum absolute atomic E-state index is 12.3. The number of hydrogen-bond donors (Lipinski definition) is 2. The minimum absolute atomic E-state index is 0.0932. The molecule has 2 rings (SSSR count). The second-order valence-electron chi connectivity index (χ2n) is 4.67. The molecule has 98 valence electrons. The number of amides is 1. The normalized spacial score (nSPS) is 24.0. The van der Waals surface area contributed by atoms with Gasteiger partial charge in [-0.1, -0.05) is 13.8 Å². The highest BCUT2D eigenvalue weighted by atomic mass is 32.2. The molecule has 0 spiro atoms. The minimum Gasteiger partial charge on any atom is -0.504 e. The van der Waals surface area contributed by atoms with Crippen molar-refractivity contribution in [3.8, 4) is 11.5 Å². The van der Waals surface area contributed by atoms with Gasteiger partial charge in [0, 0.05) is 29.2 Å². The van der Waals surface area contributed by atoms with Crippen LogP contribution < -0.4 is 0 Å². The highest BCUT2D eigenvalue weighted by molar-refractivity contribution is 8.00. The molecule has 2 atom stereocenters. The Morgan fingerprint density at radius 3 is 2.39 bits per heavy atom. The van der Waals surface area contributed by atoms with Crippen LogP contribution in [-0.2, 0) is 0 Å². The molecule has 0 aliphatic carbocycles. The number of rotatable bonds is 1. The Bertz CT molecular complexity index is 454. The average molecular weight is 267 g/mol. The predicted octanol–water partition coefficient (Wildman–Crippen LogP) is 2.06. The van der Waals surface area contributed by atoms with Gasteiger partial charge >= 0.3 is 0 Å². The van der Waals surface area contributed by atoms with Gasteiger partial charge in [0.1, 0.15) is 0 Å². The first-order valence-electron chi connectivity index (χ1n) is 5.94. The van der Waals surface area contributed by atoms with E-state index in [0.717, 1.165) is 13.1 Å². The number of hydrogen-bond acceptors (Lipinski definition) is 4. The van der Waals surface area contributed by atoms with Gasteiger partial charge in [0.25, 0.3) is 5.91 Å². The molecule has 1 aliphatic heterocycles. The van der Waals surface area contributed by atoms with Crippen LogP contribution in [0, 0.1) is 0 Å². The smallest absolute Gasteiger partial charge is 0.254 e. The molecule has 1 saturated heterocycles. The van der Waals surface area contributed by atoms with Crippen molar-refractivity contribution >= 4 is 17.7 Å². The van der Waals surface area contributed by atoms with Crippen molar-refractivity contribution in [3.05, 3.63) is 23.8 Å². The molecule has 1 aromatic carbocycles. The third kappa shape index (κ3) is 2.72. The Balaban J connectivity index is 2.17. The minimum atomic E-state index is -0.256. The van der Waals surface area contributed by atoms with Crippen LogP contribution in [0.4, 0.5) is 0 Å². The molecule has 1 aliphatic rings. The van der Waals surface area contributed by atoms with E-state index in [2.05, 4.69) is 13.8 Å². The number of carbonyl (C=O) groups excluding carboxylic acids is 1. The highest BCUT2D eigenvalue weighted by Gasteiger charge is 2.26. The summed E-state index contributed by atoms with van der Waals surface area (Å²) in [7, 11) is 0. The summed E-state index contributed by atoms with van der Waals surface area (Å²) < 4.78 is 0. The standard InChI is InChI=1S/C13H17NO3S/c1-8-6-14(7-9(2)18-8)13(17)10-3-4-11(15)12(16)5-10/h3-5,8-9,15-16H,6-7H2,1-2H3. The summed E-state index contributed by atoms with van der Waals surface area (Å²) >= 11 is 1.88. The molecule has 1 heterocycles.